The van der Waals surface area contributed by atoms with Crippen LogP contribution in [0.15, 0.2) is 54.9 Å². The van der Waals surface area contributed by atoms with Gasteiger partial charge in [-0.3, -0.25) is 15.0 Å². The number of hydrogen-bond acceptors (Lipinski definition) is 5. The van der Waals surface area contributed by atoms with Crippen LogP contribution in [-0.2, 0) is 13.2 Å². The lowest BCUT2D eigenvalue weighted by Gasteiger charge is -2.20. The van der Waals surface area contributed by atoms with Gasteiger partial charge in [-0.25, -0.2) is 9.67 Å². The van der Waals surface area contributed by atoms with Crippen LogP contribution < -0.4 is 0 Å². The highest BCUT2D eigenvalue weighted by Gasteiger charge is 2.11. The Kier molecular flexibility index (Phi) is 5.38. The molecule has 0 bridgehead atoms. The van der Waals surface area contributed by atoms with Crippen molar-refractivity contribution in [3.63, 3.8) is 0 Å². The Hall–Kier alpha value is -3.06. The lowest BCUT2D eigenvalue weighted by molar-refractivity contribution is -0.384. The maximum Gasteiger partial charge on any atom is 0.270 e. The molecular weight excluding hydrogens is 330 g/mol. The second kappa shape index (κ2) is 7.88. The molecular formula is C19H21N5O2. The van der Waals surface area contributed by atoms with Crippen LogP contribution in [0.5, 0.6) is 0 Å². The zero-order chi connectivity index (χ0) is 18.5. The number of hydrogen-bond donors (Lipinski definition) is 0. The van der Waals surface area contributed by atoms with Crippen molar-refractivity contribution in [1.29, 1.82) is 0 Å². The highest BCUT2D eigenvalue weighted by Crippen LogP contribution is 2.20. The highest BCUT2D eigenvalue weighted by atomic mass is 16.6. The Morgan fingerprint density at radius 3 is 2.73 bits per heavy atom. The number of rotatable bonds is 7. The largest absolute Gasteiger partial charge is 0.280 e. The first-order valence-corrected chi connectivity index (χ1v) is 8.47. The van der Waals surface area contributed by atoms with Crippen molar-refractivity contribution in [3.8, 4) is 11.4 Å². The molecule has 0 N–H and O–H groups in total. The summed E-state index contributed by atoms with van der Waals surface area (Å²) in [5.74, 6) is 0.486. The second-order valence-electron chi connectivity index (χ2n) is 6.19. The van der Waals surface area contributed by atoms with E-state index >= 15 is 0 Å². The van der Waals surface area contributed by atoms with Gasteiger partial charge in [0.15, 0.2) is 5.82 Å². The van der Waals surface area contributed by atoms with Crippen LogP contribution in [0.1, 0.15) is 18.1 Å². The molecule has 1 heterocycles. The molecule has 0 fully saturated rings. The first kappa shape index (κ1) is 17.8. The summed E-state index contributed by atoms with van der Waals surface area (Å²) in [7, 11) is 0. The molecule has 7 heteroatoms. The Balaban J connectivity index is 1.72. The van der Waals surface area contributed by atoms with Gasteiger partial charge >= 0.3 is 0 Å². The molecule has 0 spiro atoms. The fourth-order valence-corrected chi connectivity index (χ4v) is 2.79. The summed E-state index contributed by atoms with van der Waals surface area (Å²) in [5.41, 5.74) is 3.17. The minimum absolute atomic E-state index is 0.0356. The number of aromatic nitrogens is 3. The number of nitro groups is 1. The monoisotopic (exact) mass is 351 g/mol. The number of non-ortho nitro benzene ring substituents is 1. The summed E-state index contributed by atoms with van der Waals surface area (Å²) in [5, 5.41) is 15.4. The lowest BCUT2D eigenvalue weighted by atomic mass is 10.1. The third-order valence-electron chi connectivity index (χ3n) is 4.13. The van der Waals surface area contributed by atoms with E-state index in [2.05, 4.69) is 53.1 Å². The molecule has 0 saturated carbocycles. The van der Waals surface area contributed by atoms with Crippen LogP contribution in [0.2, 0.25) is 0 Å². The number of aryl methyl sites for hydroxylation is 1. The zero-order valence-corrected chi connectivity index (χ0v) is 14.9. The Morgan fingerprint density at radius 2 is 2.00 bits per heavy atom. The van der Waals surface area contributed by atoms with Crippen LogP contribution in [-0.4, -0.2) is 31.1 Å². The fraction of sp³-hybridized carbons (Fsp3) is 0.263. The van der Waals surface area contributed by atoms with Gasteiger partial charge in [0.25, 0.3) is 5.69 Å². The first-order chi connectivity index (χ1) is 12.5. The van der Waals surface area contributed by atoms with E-state index in [4.69, 9.17) is 0 Å². The second-order valence-corrected chi connectivity index (χ2v) is 6.19. The van der Waals surface area contributed by atoms with Crippen LogP contribution in [0, 0.1) is 17.0 Å². The molecule has 0 aliphatic rings. The smallest absolute Gasteiger partial charge is 0.270 e. The van der Waals surface area contributed by atoms with Gasteiger partial charge in [-0.05, 0) is 19.0 Å². The molecule has 0 unspecified atom stereocenters. The van der Waals surface area contributed by atoms with Crippen molar-refractivity contribution in [2.45, 2.75) is 27.1 Å². The molecule has 0 aliphatic carbocycles. The molecule has 134 valence electrons. The summed E-state index contributed by atoms with van der Waals surface area (Å²) < 4.78 is 1.76. The van der Waals surface area contributed by atoms with Crippen molar-refractivity contribution in [2.24, 2.45) is 0 Å². The van der Waals surface area contributed by atoms with Gasteiger partial charge < -0.3 is 0 Å². The van der Waals surface area contributed by atoms with E-state index in [9.17, 15) is 10.1 Å². The Morgan fingerprint density at radius 1 is 1.19 bits per heavy atom. The molecule has 26 heavy (non-hydrogen) atoms. The molecule has 3 rings (SSSR count). The molecule has 0 amide bonds. The van der Waals surface area contributed by atoms with E-state index in [0.29, 0.717) is 18.1 Å². The molecule has 3 aromatic rings. The standard InChI is InChI=1S/C19H21N5O2/c1-3-22(12-16-7-4-6-15(2)10-16)14-23-13-20-19(21-23)17-8-5-9-18(11-17)24(25)26/h4-11,13H,3,12,14H2,1-2H3. The normalized spacial score (nSPS) is 11.0. The zero-order valence-electron chi connectivity index (χ0n) is 14.9. The molecule has 0 atom stereocenters. The van der Waals surface area contributed by atoms with E-state index in [1.165, 1.54) is 23.3 Å². The average Bonchev–Trinajstić information content (AvgIpc) is 3.10. The Bertz CT molecular complexity index is 906. The molecule has 2 aromatic carbocycles. The molecule has 0 radical (unpaired) electrons. The minimum Gasteiger partial charge on any atom is -0.280 e. The molecule has 1 aromatic heterocycles. The number of nitro benzene ring substituents is 1. The number of nitrogens with zero attached hydrogens (tertiary/aromatic N) is 5. The van der Waals surface area contributed by atoms with Crippen molar-refractivity contribution >= 4 is 5.69 Å². The van der Waals surface area contributed by atoms with E-state index in [-0.39, 0.29) is 5.69 Å². The Labute approximate surface area is 152 Å². The third kappa shape index (κ3) is 4.31. The van der Waals surface area contributed by atoms with Crippen molar-refractivity contribution in [1.82, 2.24) is 19.7 Å². The predicted octanol–water partition coefficient (Wildman–Crippen LogP) is 3.64. The van der Waals surface area contributed by atoms with E-state index in [1.807, 2.05) is 0 Å². The van der Waals surface area contributed by atoms with E-state index in [1.54, 1.807) is 23.1 Å². The van der Waals surface area contributed by atoms with Crippen molar-refractivity contribution in [3.05, 3.63) is 76.1 Å². The van der Waals surface area contributed by atoms with Gasteiger partial charge in [-0.15, -0.1) is 5.10 Å². The maximum atomic E-state index is 10.9. The molecule has 0 aliphatic heterocycles. The van der Waals surface area contributed by atoms with Crippen LogP contribution in [0.4, 0.5) is 5.69 Å². The minimum atomic E-state index is -0.416. The fourth-order valence-electron chi connectivity index (χ4n) is 2.79. The number of benzene rings is 2. The summed E-state index contributed by atoms with van der Waals surface area (Å²) in [6, 6.07) is 14.8. The summed E-state index contributed by atoms with van der Waals surface area (Å²) in [4.78, 5) is 17.1. The first-order valence-electron chi connectivity index (χ1n) is 8.47. The van der Waals surface area contributed by atoms with Gasteiger partial charge in [0, 0.05) is 24.2 Å². The topological polar surface area (TPSA) is 77.1 Å². The van der Waals surface area contributed by atoms with E-state index < -0.39 is 4.92 Å². The summed E-state index contributed by atoms with van der Waals surface area (Å²) in [6.45, 7) is 6.49. The average molecular weight is 351 g/mol. The van der Waals surface area contributed by atoms with Gasteiger partial charge in [-0.1, -0.05) is 48.9 Å². The van der Waals surface area contributed by atoms with Crippen molar-refractivity contribution in [2.75, 3.05) is 6.54 Å². The van der Waals surface area contributed by atoms with Crippen LogP contribution in [0.25, 0.3) is 11.4 Å². The highest BCUT2D eigenvalue weighted by molar-refractivity contribution is 5.58. The van der Waals surface area contributed by atoms with Gasteiger partial charge in [0.2, 0.25) is 0 Å². The van der Waals surface area contributed by atoms with Gasteiger partial charge in [0.1, 0.15) is 6.33 Å². The van der Waals surface area contributed by atoms with Gasteiger partial charge in [0.05, 0.1) is 11.6 Å². The summed E-state index contributed by atoms with van der Waals surface area (Å²) >= 11 is 0. The summed E-state index contributed by atoms with van der Waals surface area (Å²) in [6.07, 6.45) is 1.66. The maximum absolute atomic E-state index is 10.9. The van der Waals surface area contributed by atoms with Crippen LogP contribution >= 0.6 is 0 Å². The lowest BCUT2D eigenvalue weighted by Crippen LogP contribution is -2.26. The predicted molar refractivity (Wildman–Crippen MR) is 99.4 cm³/mol. The van der Waals surface area contributed by atoms with Crippen LogP contribution in [0.3, 0.4) is 0 Å². The third-order valence-corrected chi connectivity index (χ3v) is 4.13. The molecule has 0 saturated heterocycles. The molecule has 7 nitrogen and oxygen atoms in total. The van der Waals surface area contributed by atoms with E-state index in [0.717, 1.165) is 13.1 Å². The quantitative estimate of drug-likeness (QED) is 0.480. The SMILES string of the molecule is CCN(Cc1cccc(C)c1)Cn1cnc(-c2cccc([N+](=O)[O-])c2)n1. The van der Waals surface area contributed by atoms with Gasteiger partial charge in [-0.2, -0.15) is 0 Å². The van der Waals surface area contributed by atoms with Crippen molar-refractivity contribution < 1.29 is 4.92 Å².